The molecule has 1 N–H and O–H groups in total. The molecule has 2 amide bonds. The maximum absolute atomic E-state index is 13.6. The van der Waals surface area contributed by atoms with E-state index >= 15 is 0 Å². The van der Waals surface area contributed by atoms with Crippen molar-refractivity contribution in [3.63, 3.8) is 0 Å². The van der Waals surface area contributed by atoms with Crippen LogP contribution in [0.15, 0.2) is 24.3 Å². The van der Waals surface area contributed by atoms with Crippen molar-refractivity contribution >= 4 is 23.6 Å². The van der Waals surface area contributed by atoms with Gasteiger partial charge in [0.1, 0.15) is 17.2 Å². The first-order valence-corrected chi connectivity index (χ1v) is 10.5. The second-order valence-electron chi connectivity index (χ2n) is 7.01. The highest BCUT2D eigenvalue weighted by Crippen LogP contribution is 2.42. The van der Waals surface area contributed by atoms with E-state index in [9.17, 15) is 14.0 Å². The molecule has 2 unspecified atom stereocenters. The number of nitrogens with one attached hydrogen (secondary N) is 1. The van der Waals surface area contributed by atoms with Crippen molar-refractivity contribution in [2.24, 2.45) is 5.92 Å². The average molecular weight is 381 g/mol. The van der Waals surface area contributed by atoms with Crippen molar-refractivity contribution in [1.29, 1.82) is 0 Å². The van der Waals surface area contributed by atoms with Crippen LogP contribution in [0.3, 0.4) is 0 Å². The Morgan fingerprint density at radius 3 is 2.73 bits per heavy atom. The molecule has 1 aliphatic rings. The summed E-state index contributed by atoms with van der Waals surface area (Å²) in [4.78, 5) is 27.1. The van der Waals surface area contributed by atoms with Gasteiger partial charge in [0.05, 0.1) is 0 Å². The number of unbranched alkanes of at least 4 members (excludes halogenated alkanes) is 3. The Labute approximate surface area is 159 Å². The fourth-order valence-electron chi connectivity index (χ4n) is 3.07. The van der Waals surface area contributed by atoms with Gasteiger partial charge < -0.3 is 10.2 Å². The minimum atomic E-state index is -0.505. The van der Waals surface area contributed by atoms with E-state index < -0.39 is 6.04 Å². The summed E-state index contributed by atoms with van der Waals surface area (Å²) in [5, 5.41) is 2.65. The Hall–Kier alpha value is -1.56. The van der Waals surface area contributed by atoms with Gasteiger partial charge in [0.15, 0.2) is 0 Å². The van der Waals surface area contributed by atoms with Crippen LogP contribution in [0, 0.1) is 11.7 Å². The molecule has 1 fully saturated rings. The lowest BCUT2D eigenvalue weighted by atomic mass is 10.1. The molecule has 2 atom stereocenters. The summed E-state index contributed by atoms with van der Waals surface area (Å²) < 4.78 is 13.6. The van der Waals surface area contributed by atoms with Crippen LogP contribution in [0.5, 0.6) is 0 Å². The van der Waals surface area contributed by atoms with E-state index in [1.165, 1.54) is 23.9 Å². The van der Waals surface area contributed by atoms with E-state index in [1.807, 2.05) is 19.9 Å². The third-order valence-electron chi connectivity index (χ3n) is 4.51. The summed E-state index contributed by atoms with van der Waals surface area (Å²) >= 11 is 1.52. The average Bonchev–Trinajstić information content (AvgIpc) is 3.05. The smallest absolute Gasteiger partial charge is 0.243 e. The molecule has 0 radical (unpaired) electrons. The summed E-state index contributed by atoms with van der Waals surface area (Å²) in [5.41, 5.74) is 0.724. The Morgan fingerprint density at radius 1 is 1.31 bits per heavy atom. The number of thioether (sulfide) groups is 1. The van der Waals surface area contributed by atoms with Crippen LogP contribution in [0.2, 0.25) is 0 Å². The van der Waals surface area contributed by atoms with Crippen LogP contribution < -0.4 is 5.32 Å². The zero-order valence-electron chi connectivity index (χ0n) is 15.8. The first-order valence-electron chi connectivity index (χ1n) is 9.42. The van der Waals surface area contributed by atoms with Gasteiger partial charge >= 0.3 is 0 Å². The maximum atomic E-state index is 13.6. The first kappa shape index (κ1) is 20.7. The summed E-state index contributed by atoms with van der Waals surface area (Å²) in [6, 6.07) is 5.78. The summed E-state index contributed by atoms with van der Waals surface area (Å²) in [6.45, 7) is 6.44. The third-order valence-corrected chi connectivity index (χ3v) is 5.84. The molecule has 6 heteroatoms. The number of hydrogen-bond acceptors (Lipinski definition) is 3. The molecular weight excluding hydrogens is 351 g/mol. The van der Waals surface area contributed by atoms with Crippen molar-refractivity contribution < 1.29 is 14.0 Å². The van der Waals surface area contributed by atoms with Gasteiger partial charge in [0, 0.05) is 18.2 Å². The summed E-state index contributed by atoms with van der Waals surface area (Å²) in [5.74, 6) is -0.203. The minimum absolute atomic E-state index is 0.0737. The van der Waals surface area contributed by atoms with Crippen LogP contribution in [-0.4, -0.2) is 35.1 Å². The number of benzene rings is 1. The lowest BCUT2D eigenvalue weighted by Crippen LogP contribution is -2.49. The van der Waals surface area contributed by atoms with E-state index in [1.54, 1.807) is 11.0 Å². The molecular formula is C20H29FN2O2S. The lowest BCUT2D eigenvalue weighted by molar-refractivity contribution is -0.142. The first-order chi connectivity index (χ1) is 12.5. The van der Waals surface area contributed by atoms with Crippen LogP contribution in [0.4, 0.5) is 4.39 Å². The van der Waals surface area contributed by atoms with Crippen molar-refractivity contribution in [2.75, 3.05) is 12.3 Å². The monoisotopic (exact) mass is 380 g/mol. The Balaban J connectivity index is 2.10. The standard InChI is InChI=1S/C20H29FN2O2S/c1-4-5-6-7-11-22-18(24)17-13-26-20(23(17)19(25)14(2)3)15-9-8-10-16(21)12-15/h8-10,12,14,17,20H,4-7,11,13H2,1-3H3,(H,22,24). The summed E-state index contributed by atoms with van der Waals surface area (Å²) in [6.07, 6.45) is 4.36. The predicted octanol–water partition coefficient (Wildman–Crippen LogP) is 4.12. The van der Waals surface area contributed by atoms with Gasteiger partial charge in [0.25, 0.3) is 0 Å². The molecule has 4 nitrogen and oxygen atoms in total. The van der Waals surface area contributed by atoms with Crippen molar-refractivity contribution in [2.45, 2.75) is 57.9 Å². The van der Waals surface area contributed by atoms with Crippen molar-refractivity contribution in [3.8, 4) is 0 Å². The Morgan fingerprint density at radius 2 is 2.08 bits per heavy atom. The fraction of sp³-hybridized carbons (Fsp3) is 0.600. The highest BCUT2D eigenvalue weighted by molar-refractivity contribution is 7.99. The second-order valence-corrected chi connectivity index (χ2v) is 8.12. The molecule has 0 spiro atoms. The van der Waals surface area contributed by atoms with E-state index in [0.29, 0.717) is 12.3 Å². The van der Waals surface area contributed by atoms with Gasteiger partial charge in [-0.2, -0.15) is 0 Å². The summed E-state index contributed by atoms with van der Waals surface area (Å²) in [7, 11) is 0. The fourth-order valence-corrected chi connectivity index (χ4v) is 4.50. The minimum Gasteiger partial charge on any atom is -0.354 e. The quantitative estimate of drug-likeness (QED) is 0.690. The second kappa shape index (κ2) is 9.95. The van der Waals surface area contributed by atoms with E-state index in [2.05, 4.69) is 12.2 Å². The molecule has 2 rings (SSSR count). The molecule has 0 aromatic heterocycles. The SMILES string of the molecule is CCCCCCNC(=O)C1CSC(c2cccc(F)c2)N1C(=O)C(C)C. The largest absolute Gasteiger partial charge is 0.354 e. The van der Waals surface area contributed by atoms with E-state index in [-0.39, 0.29) is 28.9 Å². The van der Waals surface area contributed by atoms with Crippen LogP contribution in [0.1, 0.15) is 57.4 Å². The van der Waals surface area contributed by atoms with Crippen molar-refractivity contribution in [1.82, 2.24) is 10.2 Å². The molecule has 1 aliphatic heterocycles. The highest BCUT2D eigenvalue weighted by Gasteiger charge is 2.42. The predicted molar refractivity (Wildman–Crippen MR) is 104 cm³/mol. The molecule has 1 aromatic carbocycles. The normalized spacial score (nSPS) is 19.8. The number of carbonyl (C=O) groups is 2. The Kier molecular flexibility index (Phi) is 7.94. The molecule has 1 aromatic rings. The maximum Gasteiger partial charge on any atom is 0.243 e. The van der Waals surface area contributed by atoms with Gasteiger partial charge in [-0.05, 0) is 24.1 Å². The zero-order valence-corrected chi connectivity index (χ0v) is 16.7. The van der Waals surface area contributed by atoms with Gasteiger partial charge in [0.2, 0.25) is 11.8 Å². The Bertz CT molecular complexity index is 624. The number of hydrogen-bond donors (Lipinski definition) is 1. The number of nitrogens with zero attached hydrogens (tertiary/aromatic N) is 1. The number of amides is 2. The molecule has 0 aliphatic carbocycles. The zero-order chi connectivity index (χ0) is 19.1. The van der Waals surface area contributed by atoms with Gasteiger partial charge in [-0.1, -0.05) is 52.2 Å². The third kappa shape index (κ3) is 5.22. The topological polar surface area (TPSA) is 49.4 Å². The molecule has 0 saturated carbocycles. The lowest BCUT2D eigenvalue weighted by Gasteiger charge is -2.30. The van der Waals surface area contributed by atoms with Gasteiger partial charge in [-0.15, -0.1) is 11.8 Å². The van der Waals surface area contributed by atoms with Gasteiger partial charge in [-0.25, -0.2) is 4.39 Å². The number of halogens is 1. The molecule has 144 valence electrons. The highest BCUT2D eigenvalue weighted by atomic mass is 32.2. The number of rotatable bonds is 8. The number of carbonyl (C=O) groups excluding carboxylic acids is 2. The molecule has 1 heterocycles. The van der Waals surface area contributed by atoms with Gasteiger partial charge in [-0.3, -0.25) is 9.59 Å². The molecule has 0 bridgehead atoms. The van der Waals surface area contributed by atoms with Crippen molar-refractivity contribution in [3.05, 3.63) is 35.6 Å². The van der Waals surface area contributed by atoms with E-state index in [4.69, 9.17) is 0 Å². The van der Waals surface area contributed by atoms with Crippen LogP contribution >= 0.6 is 11.8 Å². The van der Waals surface area contributed by atoms with Crippen LogP contribution in [-0.2, 0) is 9.59 Å². The molecule has 1 saturated heterocycles. The van der Waals surface area contributed by atoms with Crippen LogP contribution in [0.25, 0.3) is 0 Å². The molecule has 26 heavy (non-hydrogen) atoms. The van der Waals surface area contributed by atoms with E-state index in [0.717, 1.165) is 31.2 Å².